The third-order valence-electron chi connectivity index (χ3n) is 7.77. The van der Waals surface area contributed by atoms with E-state index < -0.39 is 4.92 Å². The smallest absolute Gasteiger partial charge is 0.271 e. The first-order valence-corrected chi connectivity index (χ1v) is 16.6. The fourth-order valence-corrected chi connectivity index (χ4v) is 8.33. The van der Waals surface area contributed by atoms with Crippen LogP contribution in [0.5, 0.6) is 11.5 Å². The summed E-state index contributed by atoms with van der Waals surface area (Å²) in [6.45, 7) is 0.221. The summed E-state index contributed by atoms with van der Waals surface area (Å²) in [5, 5.41) is 13.0. The van der Waals surface area contributed by atoms with Crippen molar-refractivity contribution < 1.29 is 14.4 Å². The molecule has 0 radical (unpaired) electrons. The Kier molecular flexibility index (Phi) is 7.69. The van der Waals surface area contributed by atoms with Gasteiger partial charge in [-0.2, -0.15) is 0 Å². The molecule has 8 nitrogen and oxygen atoms in total. The number of aromatic nitrogens is 1. The zero-order chi connectivity index (χ0) is 30.4. The van der Waals surface area contributed by atoms with E-state index in [0.717, 1.165) is 43.7 Å². The van der Waals surface area contributed by atoms with Crippen LogP contribution in [0.15, 0.2) is 93.5 Å². The number of hydrogen-bond acceptors (Lipinski definition) is 8. The fraction of sp³-hybridized carbons (Fsp3) is 0.152. The maximum absolute atomic E-state index is 14.0. The van der Waals surface area contributed by atoms with E-state index in [0.29, 0.717) is 20.8 Å². The van der Waals surface area contributed by atoms with Gasteiger partial charge in [-0.15, -0.1) is 11.3 Å². The molecule has 220 valence electrons. The molecule has 0 bridgehead atoms. The number of thiophene rings is 1. The van der Waals surface area contributed by atoms with Gasteiger partial charge in [0.1, 0.15) is 6.61 Å². The van der Waals surface area contributed by atoms with Crippen LogP contribution in [0.1, 0.15) is 39.6 Å². The molecule has 1 atom stereocenters. The number of ether oxygens (including phenoxy) is 2. The summed E-state index contributed by atoms with van der Waals surface area (Å²) < 4.78 is 15.0. The number of thiazole rings is 1. The fourth-order valence-electron chi connectivity index (χ4n) is 5.70. The lowest BCUT2D eigenvalue weighted by Gasteiger charge is -2.30. The highest BCUT2D eigenvalue weighted by atomic mass is 127. The minimum atomic E-state index is -0.429. The molecule has 0 fully saturated rings. The third kappa shape index (κ3) is 5.18. The van der Waals surface area contributed by atoms with Crippen molar-refractivity contribution in [2.75, 3.05) is 7.11 Å². The number of non-ortho nitro benzene ring substituents is 1. The number of aryl methyl sites for hydroxylation is 1. The number of rotatable bonds is 7. The van der Waals surface area contributed by atoms with E-state index in [2.05, 4.69) is 52.2 Å². The van der Waals surface area contributed by atoms with Crippen LogP contribution in [0, 0.1) is 13.7 Å². The zero-order valence-electron chi connectivity index (χ0n) is 23.4. The summed E-state index contributed by atoms with van der Waals surface area (Å²) in [5.74, 6) is 1.09. The van der Waals surface area contributed by atoms with Gasteiger partial charge in [-0.3, -0.25) is 19.5 Å². The number of nitrogens with zero attached hydrogens (tertiary/aromatic N) is 3. The van der Waals surface area contributed by atoms with E-state index in [1.54, 1.807) is 30.6 Å². The zero-order valence-corrected chi connectivity index (χ0v) is 27.1. The highest BCUT2D eigenvalue weighted by Gasteiger charge is 2.33. The number of methoxy groups -OCH3 is 1. The second-order valence-corrected chi connectivity index (χ2v) is 13.5. The summed E-state index contributed by atoms with van der Waals surface area (Å²) in [7, 11) is 1.57. The van der Waals surface area contributed by atoms with Gasteiger partial charge in [0.05, 0.1) is 31.9 Å². The Hall–Kier alpha value is -4.07. The van der Waals surface area contributed by atoms with Gasteiger partial charge in [-0.1, -0.05) is 41.7 Å². The molecule has 5 aromatic rings. The second kappa shape index (κ2) is 11.8. The normalized spacial score (nSPS) is 15.7. The molecule has 2 aromatic heterocycles. The maximum Gasteiger partial charge on any atom is 0.271 e. The van der Waals surface area contributed by atoms with Gasteiger partial charge >= 0.3 is 0 Å². The molecule has 0 spiro atoms. The van der Waals surface area contributed by atoms with Crippen molar-refractivity contribution in [2.45, 2.75) is 25.5 Å². The summed E-state index contributed by atoms with van der Waals surface area (Å²) in [6, 6.07) is 22.4. The number of allylic oxidation sites excluding steroid dienone is 1. The average Bonchev–Trinajstić information content (AvgIpc) is 3.67. The van der Waals surface area contributed by atoms with Gasteiger partial charge in [0.15, 0.2) is 16.3 Å². The molecule has 0 unspecified atom stereocenters. The van der Waals surface area contributed by atoms with Crippen LogP contribution < -0.4 is 24.4 Å². The molecular formula is C33H24IN3O5S2. The molecule has 3 aromatic carbocycles. The van der Waals surface area contributed by atoms with Gasteiger partial charge in [0.25, 0.3) is 11.2 Å². The Morgan fingerprint density at radius 1 is 1.11 bits per heavy atom. The summed E-state index contributed by atoms with van der Waals surface area (Å²) in [5.41, 5.74) is 6.19. The van der Waals surface area contributed by atoms with Crippen molar-refractivity contribution in [2.24, 2.45) is 4.99 Å². The lowest BCUT2D eigenvalue weighted by Crippen LogP contribution is -2.38. The van der Waals surface area contributed by atoms with E-state index in [1.807, 2.05) is 34.9 Å². The van der Waals surface area contributed by atoms with Crippen LogP contribution in [0.2, 0.25) is 0 Å². The summed E-state index contributed by atoms with van der Waals surface area (Å²) >= 11 is 5.26. The van der Waals surface area contributed by atoms with Gasteiger partial charge in [0, 0.05) is 22.6 Å². The second-order valence-electron chi connectivity index (χ2n) is 10.4. The van der Waals surface area contributed by atoms with Crippen molar-refractivity contribution >= 4 is 62.7 Å². The van der Waals surface area contributed by atoms with Crippen LogP contribution in [-0.4, -0.2) is 16.6 Å². The van der Waals surface area contributed by atoms with Crippen molar-refractivity contribution in [1.29, 1.82) is 0 Å². The highest BCUT2D eigenvalue weighted by molar-refractivity contribution is 14.1. The molecule has 1 aliphatic carbocycles. The molecule has 0 N–H and O–H groups in total. The largest absolute Gasteiger partial charge is 0.493 e. The van der Waals surface area contributed by atoms with Crippen molar-refractivity contribution in [3.63, 3.8) is 0 Å². The van der Waals surface area contributed by atoms with E-state index in [4.69, 9.17) is 14.5 Å². The quantitative estimate of drug-likeness (QED) is 0.109. The van der Waals surface area contributed by atoms with Gasteiger partial charge in [-0.05, 0) is 99.5 Å². The van der Waals surface area contributed by atoms with Gasteiger partial charge in [-0.25, -0.2) is 4.99 Å². The Balaban J connectivity index is 1.27. The molecule has 0 amide bonds. The van der Waals surface area contributed by atoms with E-state index >= 15 is 0 Å². The summed E-state index contributed by atoms with van der Waals surface area (Å²) in [6.07, 6.45) is 3.67. The van der Waals surface area contributed by atoms with Crippen molar-refractivity contribution in [3.8, 4) is 11.5 Å². The molecule has 2 aliphatic rings. The minimum absolute atomic E-state index is 0.0299. The minimum Gasteiger partial charge on any atom is -0.493 e. The van der Waals surface area contributed by atoms with Crippen LogP contribution in [0.4, 0.5) is 5.69 Å². The first-order chi connectivity index (χ1) is 21.4. The lowest BCUT2D eigenvalue weighted by molar-refractivity contribution is -0.384. The maximum atomic E-state index is 14.0. The molecule has 3 heterocycles. The van der Waals surface area contributed by atoms with E-state index in [9.17, 15) is 14.9 Å². The first kappa shape index (κ1) is 28.7. The first-order valence-electron chi connectivity index (χ1n) is 13.8. The Morgan fingerprint density at radius 2 is 1.93 bits per heavy atom. The van der Waals surface area contributed by atoms with Crippen LogP contribution in [0.3, 0.4) is 0 Å². The van der Waals surface area contributed by atoms with Crippen molar-refractivity contribution in [3.05, 3.63) is 144 Å². The predicted octanol–water partition coefficient (Wildman–Crippen LogP) is 6.48. The molecule has 0 saturated heterocycles. The lowest BCUT2D eigenvalue weighted by atomic mass is 9.85. The molecule has 7 rings (SSSR count). The Labute approximate surface area is 273 Å². The molecular weight excluding hydrogens is 709 g/mol. The monoisotopic (exact) mass is 733 g/mol. The topological polar surface area (TPSA) is 96.0 Å². The van der Waals surface area contributed by atoms with Crippen LogP contribution >= 0.6 is 45.3 Å². The Bertz CT molecular complexity index is 2130. The summed E-state index contributed by atoms with van der Waals surface area (Å²) in [4.78, 5) is 31.5. The number of benzene rings is 3. The average molecular weight is 734 g/mol. The van der Waals surface area contributed by atoms with Gasteiger partial charge in [0.2, 0.25) is 0 Å². The number of fused-ring (bicyclic) bond motifs is 3. The molecule has 44 heavy (non-hydrogen) atoms. The van der Waals surface area contributed by atoms with Crippen LogP contribution in [0.25, 0.3) is 11.8 Å². The predicted molar refractivity (Wildman–Crippen MR) is 180 cm³/mol. The number of hydrogen-bond donors (Lipinski definition) is 0. The number of nitro groups is 1. The highest BCUT2D eigenvalue weighted by Crippen LogP contribution is 2.42. The number of nitro benzene ring substituents is 1. The SMILES string of the molecule is COc1cc(/C=c2/sc3n(c2=O)[C@H](c2cccs2)C2=C(N=3)c3ccccc3CC2)cc(I)c1OCc1ccc([N+](=O)[O-])cc1. The van der Waals surface area contributed by atoms with Gasteiger partial charge < -0.3 is 9.47 Å². The molecule has 11 heteroatoms. The van der Waals surface area contributed by atoms with E-state index in [1.165, 1.54) is 34.6 Å². The van der Waals surface area contributed by atoms with Crippen LogP contribution in [-0.2, 0) is 13.0 Å². The standard InChI is InChI=1S/C33H24IN3O5S2/c1-41-26-16-20(15-25(34)31(26)42-18-19-8-11-22(12-9-19)37(39)40)17-28-32(38)36-30(27-7-4-14-43-27)24-13-10-21-5-2-3-6-23(21)29(24)35-33(36)44-28/h2-9,11-12,14-17,30H,10,13,18H2,1H3/b28-17+/t30-/m0/s1. The molecule has 0 saturated carbocycles. The molecule has 1 aliphatic heterocycles. The Morgan fingerprint density at radius 3 is 2.68 bits per heavy atom. The van der Waals surface area contributed by atoms with Crippen molar-refractivity contribution in [1.82, 2.24) is 4.57 Å². The number of halogens is 1. The van der Waals surface area contributed by atoms with E-state index in [-0.39, 0.29) is 23.9 Å². The third-order valence-corrected chi connectivity index (χ3v) is 10.5.